The molecule has 3 rings (SSSR count). The Morgan fingerprint density at radius 3 is 2.21 bits per heavy atom. The molecule has 0 aliphatic carbocycles. The highest BCUT2D eigenvalue weighted by molar-refractivity contribution is 7.71. The highest BCUT2D eigenvalue weighted by Gasteiger charge is 2.11. The number of oxazole rings is 1. The Labute approximate surface area is 116 Å². The van der Waals surface area contributed by atoms with Crippen LogP contribution in [-0.4, -0.2) is 4.98 Å². The Hall–Kier alpha value is -2.13. The molecule has 94 valence electrons. The summed E-state index contributed by atoms with van der Waals surface area (Å²) in [5.74, 6) is 0.828. The summed E-state index contributed by atoms with van der Waals surface area (Å²) in [4.78, 5) is 3.56. The minimum Gasteiger partial charge on any atom is -0.429 e. The summed E-state index contributed by atoms with van der Waals surface area (Å²) in [6.07, 6.45) is 0.783. The van der Waals surface area contributed by atoms with E-state index in [1.165, 1.54) is 5.56 Å². The van der Waals surface area contributed by atoms with Crippen LogP contribution in [0.15, 0.2) is 65.1 Å². The molecule has 0 unspecified atom stereocenters. The van der Waals surface area contributed by atoms with E-state index < -0.39 is 0 Å². The van der Waals surface area contributed by atoms with Crippen molar-refractivity contribution in [3.8, 4) is 11.3 Å². The van der Waals surface area contributed by atoms with Gasteiger partial charge in [0.1, 0.15) is 0 Å². The van der Waals surface area contributed by atoms with Gasteiger partial charge in [0.25, 0.3) is 4.84 Å². The first-order valence-electron chi connectivity index (χ1n) is 6.14. The Morgan fingerprint density at radius 1 is 0.895 bits per heavy atom. The minimum absolute atomic E-state index is 0.421. The lowest BCUT2D eigenvalue weighted by molar-refractivity contribution is 0.554. The van der Waals surface area contributed by atoms with Crippen LogP contribution in [0, 0.1) is 4.84 Å². The predicted molar refractivity (Wildman–Crippen MR) is 78.6 cm³/mol. The fraction of sp³-hybridized carbons (Fsp3) is 0.0625. The molecular formula is C16H13NOS. The molecule has 0 radical (unpaired) electrons. The van der Waals surface area contributed by atoms with Crippen LogP contribution in [0.2, 0.25) is 0 Å². The van der Waals surface area contributed by atoms with Crippen LogP contribution in [0.3, 0.4) is 0 Å². The Kier molecular flexibility index (Phi) is 3.29. The monoisotopic (exact) mass is 267 g/mol. The zero-order valence-electron chi connectivity index (χ0n) is 10.3. The normalized spacial score (nSPS) is 10.5. The maximum Gasteiger partial charge on any atom is 0.266 e. The van der Waals surface area contributed by atoms with E-state index in [1.807, 2.05) is 48.5 Å². The third-order valence-electron chi connectivity index (χ3n) is 2.98. The van der Waals surface area contributed by atoms with Gasteiger partial charge >= 0.3 is 0 Å². The van der Waals surface area contributed by atoms with Crippen molar-refractivity contribution in [3.63, 3.8) is 0 Å². The molecule has 3 aromatic rings. The average Bonchev–Trinajstić information content (AvgIpc) is 2.82. The van der Waals surface area contributed by atoms with Crippen molar-refractivity contribution in [2.24, 2.45) is 0 Å². The van der Waals surface area contributed by atoms with Crippen molar-refractivity contribution in [1.29, 1.82) is 0 Å². The second-order valence-electron chi connectivity index (χ2n) is 4.35. The summed E-state index contributed by atoms with van der Waals surface area (Å²) in [5, 5.41) is 0. The first-order chi connectivity index (χ1) is 9.33. The van der Waals surface area contributed by atoms with Gasteiger partial charge in [-0.1, -0.05) is 60.7 Å². The molecule has 0 aliphatic heterocycles. The van der Waals surface area contributed by atoms with Gasteiger partial charge in [0, 0.05) is 12.0 Å². The van der Waals surface area contributed by atoms with Crippen molar-refractivity contribution in [3.05, 3.63) is 76.8 Å². The van der Waals surface area contributed by atoms with Gasteiger partial charge < -0.3 is 9.40 Å². The van der Waals surface area contributed by atoms with Crippen molar-refractivity contribution >= 4 is 12.2 Å². The van der Waals surface area contributed by atoms with E-state index >= 15 is 0 Å². The fourth-order valence-electron chi connectivity index (χ4n) is 2.11. The van der Waals surface area contributed by atoms with Crippen LogP contribution < -0.4 is 0 Å². The van der Waals surface area contributed by atoms with E-state index in [0.29, 0.717) is 4.84 Å². The Morgan fingerprint density at radius 2 is 1.53 bits per heavy atom. The van der Waals surface area contributed by atoms with E-state index in [9.17, 15) is 0 Å². The number of nitrogens with one attached hydrogen (secondary N) is 1. The molecule has 0 atom stereocenters. The summed E-state index contributed by atoms with van der Waals surface area (Å²) < 4.78 is 5.63. The number of aromatic nitrogens is 1. The van der Waals surface area contributed by atoms with Crippen molar-refractivity contribution < 1.29 is 4.42 Å². The van der Waals surface area contributed by atoms with Crippen molar-refractivity contribution in [1.82, 2.24) is 4.98 Å². The summed E-state index contributed by atoms with van der Waals surface area (Å²) in [6.45, 7) is 0. The number of rotatable bonds is 3. The van der Waals surface area contributed by atoms with Gasteiger partial charge in [-0.05, 0) is 17.8 Å². The topological polar surface area (TPSA) is 28.9 Å². The van der Waals surface area contributed by atoms with Gasteiger partial charge in [0.05, 0.1) is 5.69 Å². The van der Waals surface area contributed by atoms with Crippen molar-refractivity contribution in [2.45, 2.75) is 6.42 Å². The van der Waals surface area contributed by atoms with Gasteiger partial charge in [0.15, 0.2) is 5.76 Å². The molecular weight excluding hydrogens is 254 g/mol. The fourth-order valence-corrected chi connectivity index (χ4v) is 2.31. The van der Waals surface area contributed by atoms with Gasteiger partial charge in [-0.15, -0.1) is 0 Å². The highest BCUT2D eigenvalue weighted by atomic mass is 32.1. The molecule has 1 N–H and O–H groups in total. The molecule has 1 aromatic heterocycles. The molecule has 19 heavy (non-hydrogen) atoms. The molecule has 0 amide bonds. The first-order valence-corrected chi connectivity index (χ1v) is 6.55. The third kappa shape index (κ3) is 2.66. The van der Waals surface area contributed by atoms with E-state index in [1.54, 1.807) is 0 Å². The zero-order valence-corrected chi connectivity index (χ0v) is 11.1. The van der Waals surface area contributed by atoms with E-state index in [0.717, 1.165) is 23.4 Å². The second-order valence-corrected chi connectivity index (χ2v) is 4.72. The average molecular weight is 267 g/mol. The lowest BCUT2D eigenvalue weighted by atomic mass is 10.1. The largest absolute Gasteiger partial charge is 0.429 e. The summed E-state index contributed by atoms with van der Waals surface area (Å²) in [5.41, 5.74) is 3.29. The van der Waals surface area contributed by atoms with Gasteiger partial charge in [0.2, 0.25) is 0 Å². The number of hydrogen-bond donors (Lipinski definition) is 1. The molecule has 0 aliphatic rings. The molecule has 0 bridgehead atoms. The van der Waals surface area contributed by atoms with E-state index in [2.05, 4.69) is 17.1 Å². The minimum atomic E-state index is 0.421. The van der Waals surface area contributed by atoms with Gasteiger partial charge in [-0.25, -0.2) is 0 Å². The van der Waals surface area contributed by atoms with E-state index in [4.69, 9.17) is 16.6 Å². The molecule has 0 spiro atoms. The lowest BCUT2D eigenvalue weighted by Gasteiger charge is -2.02. The first kappa shape index (κ1) is 11.9. The Bertz CT molecular complexity index is 713. The standard InChI is InChI=1S/C16H13NOS/c19-16-17-14(11-12-7-3-1-4-8-12)15(18-16)13-9-5-2-6-10-13/h1-10H,11H2,(H,17,19). The number of benzene rings is 2. The van der Waals surface area contributed by atoms with Crippen LogP contribution >= 0.6 is 12.2 Å². The zero-order chi connectivity index (χ0) is 13.1. The van der Waals surface area contributed by atoms with Crippen LogP contribution in [0.1, 0.15) is 11.3 Å². The summed E-state index contributed by atoms with van der Waals surface area (Å²) >= 11 is 5.11. The maximum absolute atomic E-state index is 5.63. The number of H-pyrrole nitrogens is 1. The van der Waals surface area contributed by atoms with Crippen LogP contribution in [0.25, 0.3) is 11.3 Å². The second kappa shape index (κ2) is 5.24. The van der Waals surface area contributed by atoms with Gasteiger partial charge in [-0.2, -0.15) is 0 Å². The van der Waals surface area contributed by atoms with Crippen LogP contribution in [0.4, 0.5) is 0 Å². The van der Waals surface area contributed by atoms with E-state index in [-0.39, 0.29) is 0 Å². The number of aromatic amines is 1. The van der Waals surface area contributed by atoms with Crippen LogP contribution in [-0.2, 0) is 6.42 Å². The lowest BCUT2D eigenvalue weighted by Crippen LogP contribution is -1.90. The quantitative estimate of drug-likeness (QED) is 0.703. The molecule has 1 heterocycles. The van der Waals surface area contributed by atoms with Crippen molar-refractivity contribution in [2.75, 3.05) is 0 Å². The smallest absolute Gasteiger partial charge is 0.266 e. The Balaban J connectivity index is 2.01. The molecule has 0 saturated carbocycles. The SMILES string of the molecule is S=c1[nH]c(Cc2ccccc2)c(-c2ccccc2)o1. The van der Waals surface area contributed by atoms with Crippen LogP contribution in [0.5, 0.6) is 0 Å². The summed E-state index contributed by atoms with van der Waals surface area (Å²) in [6, 6.07) is 20.3. The number of hydrogen-bond acceptors (Lipinski definition) is 2. The maximum atomic E-state index is 5.63. The highest BCUT2D eigenvalue weighted by Crippen LogP contribution is 2.25. The molecule has 0 saturated heterocycles. The molecule has 2 nitrogen and oxygen atoms in total. The third-order valence-corrected chi connectivity index (χ3v) is 3.17. The predicted octanol–water partition coefficient (Wildman–Crippen LogP) is 4.59. The molecule has 2 aromatic carbocycles. The summed E-state index contributed by atoms with van der Waals surface area (Å²) in [7, 11) is 0. The molecule has 0 fully saturated rings. The van der Waals surface area contributed by atoms with Gasteiger partial charge in [-0.3, -0.25) is 0 Å². The molecule has 3 heteroatoms.